The summed E-state index contributed by atoms with van der Waals surface area (Å²) in [5, 5.41) is 5.04. The normalized spacial score (nSPS) is 12.3. The maximum atomic E-state index is 4.51. The molecule has 0 heterocycles. The highest BCUT2D eigenvalue weighted by molar-refractivity contribution is 5.98. The summed E-state index contributed by atoms with van der Waals surface area (Å²) >= 11 is 0. The van der Waals surface area contributed by atoms with Gasteiger partial charge >= 0.3 is 0 Å². The third-order valence-corrected chi connectivity index (χ3v) is 10.6. The molecule has 0 radical (unpaired) electrons. The predicted molar refractivity (Wildman–Crippen MR) is 234 cm³/mol. The maximum Gasteiger partial charge on any atom is 0.00908 e. The molecule has 0 unspecified atom stereocenters. The number of allylic oxidation sites excluding steroid dienone is 3. The van der Waals surface area contributed by atoms with E-state index in [0.717, 1.165) is 27.8 Å². The summed E-state index contributed by atoms with van der Waals surface area (Å²) in [7, 11) is 0. The molecule has 260 valence electrons. The highest BCUT2D eigenvalue weighted by Gasteiger charge is 2.24. The van der Waals surface area contributed by atoms with Gasteiger partial charge in [-0.1, -0.05) is 202 Å². The number of fused-ring (bicyclic) bond motifs is 2. The van der Waals surface area contributed by atoms with Gasteiger partial charge in [-0.15, -0.1) is 0 Å². The molecule has 0 atom stereocenters. The number of aryl methyl sites for hydroxylation is 1. The van der Waals surface area contributed by atoms with Crippen LogP contribution in [0.1, 0.15) is 52.8 Å². The molecule has 0 spiro atoms. The molecule has 0 saturated heterocycles. The monoisotopic (exact) mass is 692 g/mol. The average molecular weight is 693 g/mol. The Balaban J connectivity index is 1.34. The van der Waals surface area contributed by atoms with Gasteiger partial charge in [0.15, 0.2) is 0 Å². The lowest BCUT2D eigenvalue weighted by molar-refractivity contribution is 0.678. The van der Waals surface area contributed by atoms with Crippen molar-refractivity contribution in [1.82, 2.24) is 0 Å². The van der Waals surface area contributed by atoms with Gasteiger partial charge in [0.05, 0.1) is 0 Å². The van der Waals surface area contributed by atoms with Crippen molar-refractivity contribution in [3.63, 3.8) is 0 Å². The highest BCUT2D eigenvalue weighted by Crippen LogP contribution is 2.40. The number of benzene rings is 8. The first-order valence-corrected chi connectivity index (χ1v) is 18.8. The summed E-state index contributed by atoms with van der Waals surface area (Å²) in [6.07, 6.45) is 4.73. The summed E-state index contributed by atoms with van der Waals surface area (Å²) in [5.41, 5.74) is 13.8. The zero-order chi connectivity index (χ0) is 37.1. The van der Waals surface area contributed by atoms with E-state index in [9.17, 15) is 0 Å². The van der Waals surface area contributed by atoms with Crippen LogP contribution < -0.4 is 0 Å². The zero-order valence-corrected chi connectivity index (χ0v) is 31.3. The lowest BCUT2D eigenvalue weighted by Gasteiger charge is -2.26. The largest absolute Gasteiger partial charge is 0.0911 e. The Labute approximate surface area is 320 Å². The van der Waals surface area contributed by atoms with Crippen LogP contribution in [0.2, 0.25) is 0 Å². The van der Waals surface area contributed by atoms with E-state index in [-0.39, 0.29) is 5.41 Å². The van der Waals surface area contributed by atoms with Gasteiger partial charge in [-0.25, -0.2) is 0 Å². The predicted octanol–water partition coefficient (Wildman–Crippen LogP) is 14.5. The molecule has 0 aliphatic rings. The van der Waals surface area contributed by atoms with Crippen molar-refractivity contribution in [1.29, 1.82) is 0 Å². The minimum atomic E-state index is -0.298. The highest BCUT2D eigenvalue weighted by atomic mass is 14.3. The molecular formula is C54H44. The molecule has 0 amide bonds. The molecule has 0 saturated carbocycles. The fraction of sp³-hybridized carbons (Fsp3) is 0.0741. The number of hydrogen-bond acceptors (Lipinski definition) is 0. The van der Waals surface area contributed by atoms with Gasteiger partial charge in [0.2, 0.25) is 0 Å². The van der Waals surface area contributed by atoms with Crippen LogP contribution >= 0.6 is 0 Å². The van der Waals surface area contributed by atoms with Crippen LogP contribution in [0.4, 0.5) is 0 Å². The smallest absolute Gasteiger partial charge is 0.00908 e. The molecule has 8 rings (SSSR count). The van der Waals surface area contributed by atoms with Crippen molar-refractivity contribution >= 4 is 38.3 Å². The first kappa shape index (κ1) is 34.6. The van der Waals surface area contributed by atoms with Gasteiger partial charge in [-0.05, 0) is 113 Å². The van der Waals surface area contributed by atoms with Crippen LogP contribution in [0.15, 0.2) is 207 Å². The maximum absolute atomic E-state index is 4.51. The van der Waals surface area contributed by atoms with Gasteiger partial charge in [0.25, 0.3) is 0 Å². The SMILES string of the molecule is C=C(/C=C(/c1ccccc1)c1cccc(/C(=C/C(C)(C)c2cccc3ccccc23)c2cc(-c3cccc4ccccc34)ccc2C)c1)c1ccccc1. The minimum absolute atomic E-state index is 0.298. The fourth-order valence-corrected chi connectivity index (χ4v) is 7.81. The first-order valence-electron chi connectivity index (χ1n) is 18.8. The standard InChI is InChI=1S/C54H44/c1-38-32-33-46(48-30-16-24-41-22-11-13-28-47(41)48)36-50(38)52(37-54(3,4)53-31-17-25-42-23-12-14-29-49(42)53)45-27-15-26-44(35-45)51(43-20-9-6-10-21-43)34-39(2)40-18-7-5-8-19-40/h5-37H,2H2,1,3-4H3/b51-34-,52-37-. The Kier molecular flexibility index (Phi) is 9.51. The Morgan fingerprint density at radius 1 is 0.481 bits per heavy atom. The van der Waals surface area contributed by atoms with Crippen molar-refractivity contribution in [2.45, 2.75) is 26.2 Å². The van der Waals surface area contributed by atoms with E-state index in [4.69, 9.17) is 0 Å². The van der Waals surface area contributed by atoms with Crippen molar-refractivity contribution < 1.29 is 0 Å². The fourth-order valence-electron chi connectivity index (χ4n) is 7.81. The van der Waals surface area contributed by atoms with E-state index in [2.05, 4.69) is 221 Å². The molecule has 0 bridgehead atoms. The van der Waals surface area contributed by atoms with Gasteiger partial charge in [0.1, 0.15) is 0 Å². The van der Waals surface area contributed by atoms with Gasteiger partial charge < -0.3 is 0 Å². The molecule has 0 aliphatic carbocycles. The summed E-state index contributed by atoms with van der Waals surface area (Å²) in [4.78, 5) is 0. The molecule has 54 heavy (non-hydrogen) atoms. The molecule has 8 aromatic carbocycles. The summed E-state index contributed by atoms with van der Waals surface area (Å²) in [6.45, 7) is 11.4. The van der Waals surface area contributed by atoms with E-state index in [1.807, 2.05) is 6.07 Å². The van der Waals surface area contributed by atoms with E-state index in [1.54, 1.807) is 0 Å². The van der Waals surface area contributed by atoms with Crippen molar-refractivity contribution in [2.75, 3.05) is 0 Å². The molecule has 0 N–H and O–H groups in total. The van der Waals surface area contributed by atoms with Crippen LogP contribution in [-0.4, -0.2) is 0 Å². The minimum Gasteiger partial charge on any atom is -0.0911 e. The van der Waals surface area contributed by atoms with Crippen LogP contribution in [0.3, 0.4) is 0 Å². The molecule has 0 nitrogen and oxygen atoms in total. The molecule has 0 fully saturated rings. The topological polar surface area (TPSA) is 0 Å². The Hall–Kier alpha value is -6.50. The van der Waals surface area contributed by atoms with E-state index < -0.39 is 0 Å². The first-order chi connectivity index (χ1) is 26.4. The van der Waals surface area contributed by atoms with Crippen molar-refractivity contribution in [3.05, 3.63) is 246 Å². The quantitative estimate of drug-likeness (QED) is 0.132. The molecular weight excluding hydrogens is 649 g/mol. The second-order valence-electron chi connectivity index (χ2n) is 14.8. The van der Waals surface area contributed by atoms with Crippen LogP contribution in [0.5, 0.6) is 0 Å². The molecule has 0 heteroatoms. The van der Waals surface area contributed by atoms with Crippen LogP contribution in [0, 0.1) is 6.92 Å². The lowest BCUT2D eigenvalue weighted by Crippen LogP contribution is -2.15. The number of rotatable bonds is 9. The van der Waals surface area contributed by atoms with E-state index in [1.165, 1.54) is 60.5 Å². The molecule has 0 aromatic heterocycles. The van der Waals surface area contributed by atoms with E-state index >= 15 is 0 Å². The molecule has 0 aliphatic heterocycles. The molecule has 8 aromatic rings. The van der Waals surface area contributed by atoms with Crippen molar-refractivity contribution in [2.24, 2.45) is 0 Å². The third-order valence-electron chi connectivity index (χ3n) is 10.6. The second kappa shape index (κ2) is 14.9. The van der Waals surface area contributed by atoms with Crippen LogP contribution in [-0.2, 0) is 5.41 Å². The van der Waals surface area contributed by atoms with Crippen molar-refractivity contribution in [3.8, 4) is 11.1 Å². The van der Waals surface area contributed by atoms with Gasteiger partial charge in [0, 0.05) is 5.41 Å². The average Bonchev–Trinajstić information content (AvgIpc) is 3.22. The lowest BCUT2D eigenvalue weighted by atomic mass is 9.77. The van der Waals surface area contributed by atoms with Gasteiger partial charge in [-0.3, -0.25) is 0 Å². The zero-order valence-electron chi connectivity index (χ0n) is 31.3. The Morgan fingerprint density at radius 3 is 1.74 bits per heavy atom. The summed E-state index contributed by atoms with van der Waals surface area (Å²) in [5.74, 6) is 0. The third kappa shape index (κ3) is 6.99. The summed E-state index contributed by atoms with van der Waals surface area (Å²) < 4.78 is 0. The summed E-state index contributed by atoms with van der Waals surface area (Å²) in [6, 6.07) is 67.9. The van der Waals surface area contributed by atoms with Gasteiger partial charge in [-0.2, -0.15) is 0 Å². The van der Waals surface area contributed by atoms with Crippen LogP contribution in [0.25, 0.3) is 49.4 Å². The Morgan fingerprint density at radius 2 is 1.02 bits per heavy atom. The van der Waals surface area contributed by atoms with E-state index in [0.29, 0.717) is 0 Å². The Bertz CT molecular complexity index is 2680. The number of hydrogen-bond donors (Lipinski definition) is 0. The second-order valence-corrected chi connectivity index (χ2v) is 14.8.